The second kappa shape index (κ2) is 5.43. The third-order valence-electron chi connectivity index (χ3n) is 2.95. The lowest BCUT2D eigenvalue weighted by atomic mass is 10.2. The fourth-order valence-electron chi connectivity index (χ4n) is 1.54. The smallest absolute Gasteiger partial charge is 0.194 e. The molecule has 4 nitrogen and oxygen atoms in total. The molecule has 100 valence electrons. The Kier molecular flexibility index (Phi) is 4.06. The van der Waals surface area contributed by atoms with Crippen LogP contribution in [0.5, 0.6) is 0 Å². The van der Waals surface area contributed by atoms with Crippen LogP contribution in [0.15, 0.2) is 10.2 Å². The molecule has 0 saturated carbocycles. The van der Waals surface area contributed by atoms with Gasteiger partial charge in [-0.15, -0.1) is 0 Å². The van der Waals surface area contributed by atoms with Crippen LogP contribution in [0.2, 0.25) is 5.15 Å². The van der Waals surface area contributed by atoms with Crippen molar-refractivity contribution >= 4 is 23.4 Å². The Balaban J connectivity index is 2.42. The number of aromatic nitrogens is 4. The quantitative estimate of drug-likeness (QED) is 0.625. The minimum atomic E-state index is 0.482. The van der Waals surface area contributed by atoms with Crippen molar-refractivity contribution in [2.45, 2.75) is 44.8 Å². The summed E-state index contributed by atoms with van der Waals surface area (Å²) in [6.45, 7) is 9.72. The number of rotatable bonds is 2. The molecule has 0 aliphatic heterocycles. The van der Waals surface area contributed by atoms with Crippen LogP contribution in [0, 0.1) is 34.6 Å². The van der Waals surface area contributed by atoms with Gasteiger partial charge in [-0.3, -0.25) is 0 Å². The highest BCUT2D eigenvalue weighted by Crippen LogP contribution is 2.29. The molecule has 0 unspecified atom stereocenters. The number of aryl methyl sites for hydroxylation is 3. The van der Waals surface area contributed by atoms with E-state index in [2.05, 4.69) is 19.9 Å². The van der Waals surface area contributed by atoms with E-state index in [0.29, 0.717) is 16.1 Å². The van der Waals surface area contributed by atoms with Crippen LogP contribution in [-0.4, -0.2) is 19.9 Å². The molecule has 0 saturated heterocycles. The maximum Gasteiger partial charge on any atom is 0.194 e. The topological polar surface area (TPSA) is 51.6 Å². The van der Waals surface area contributed by atoms with E-state index >= 15 is 0 Å². The molecule has 0 spiro atoms. The van der Waals surface area contributed by atoms with E-state index in [4.69, 9.17) is 11.6 Å². The summed E-state index contributed by atoms with van der Waals surface area (Å²) >= 11 is 7.49. The average molecular weight is 295 g/mol. The molecule has 0 aliphatic carbocycles. The summed E-state index contributed by atoms with van der Waals surface area (Å²) in [4.78, 5) is 17.5. The van der Waals surface area contributed by atoms with Gasteiger partial charge >= 0.3 is 0 Å². The van der Waals surface area contributed by atoms with E-state index in [1.165, 1.54) is 11.8 Å². The second-order valence-corrected chi connectivity index (χ2v) is 5.71. The molecule has 0 radical (unpaired) electrons. The van der Waals surface area contributed by atoms with Crippen molar-refractivity contribution in [3.05, 3.63) is 33.5 Å². The van der Waals surface area contributed by atoms with Gasteiger partial charge < -0.3 is 0 Å². The molecule has 2 rings (SSSR count). The van der Waals surface area contributed by atoms with Crippen LogP contribution in [-0.2, 0) is 0 Å². The van der Waals surface area contributed by atoms with Crippen LogP contribution in [0.4, 0.5) is 0 Å². The van der Waals surface area contributed by atoms with E-state index < -0.39 is 0 Å². The molecule has 0 atom stereocenters. The van der Waals surface area contributed by atoms with Crippen LogP contribution >= 0.6 is 23.4 Å². The normalized spacial score (nSPS) is 10.8. The molecular weight excluding hydrogens is 280 g/mol. The Labute approximate surface area is 122 Å². The minimum absolute atomic E-state index is 0.482. The Morgan fingerprint density at radius 3 is 1.95 bits per heavy atom. The molecule has 0 amide bonds. The molecule has 6 heteroatoms. The first-order valence-electron chi connectivity index (χ1n) is 5.89. The summed E-state index contributed by atoms with van der Waals surface area (Å²) < 4.78 is 0. The Morgan fingerprint density at radius 1 is 0.789 bits per heavy atom. The first kappa shape index (κ1) is 14.2. The van der Waals surface area contributed by atoms with Gasteiger partial charge in [-0.05, 0) is 51.9 Å². The standard InChI is InChI=1S/C13H15ClN4S/c1-6-8(3)15-13(16-9(6)4)19-12-7(2)11(14)17-10(5)18-12/h1-5H3. The number of hydrogen-bond donors (Lipinski definition) is 0. The monoisotopic (exact) mass is 294 g/mol. The van der Waals surface area contributed by atoms with Gasteiger partial charge in [0.1, 0.15) is 16.0 Å². The van der Waals surface area contributed by atoms with E-state index in [0.717, 1.165) is 27.5 Å². The average Bonchev–Trinajstić information content (AvgIpc) is 2.32. The zero-order valence-electron chi connectivity index (χ0n) is 11.6. The molecule has 19 heavy (non-hydrogen) atoms. The van der Waals surface area contributed by atoms with Crippen LogP contribution in [0.1, 0.15) is 28.3 Å². The lowest BCUT2D eigenvalue weighted by Crippen LogP contribution is -2.00. The first-order valence-corrected chi connectivity index (χ1v) is 7.08. The lowest BCUT2D eigenvalue weighted by Gasteiger charge is -2.08. The Morgan fingerprint density at radius 2 is 1.37 bits per heavy atom. The van der Waals surface area contributed by atoms with Gasteiger partial charge in [-0.1, -0.05) is 11.6 Å². The highest BCUT2D eigenvalue weighted by Gasteiger charge is 2.12. The van der Waals surface area contributed by atoms with Gasteiger partial charge in [0.25, 0.3) is 0 Å². The highest BCUT2D eigenvalue weighted by atomic mass is 35.5. The maximum absolute atomic E-state index is 6.07. The molecule has 2 heterocycles. The van der Waals surface area contributed by atoms with Gasteiger partial charge in [-0.25, -0.2) is 19.9 Å². The maximum atomic E-state index is 6.07. The number of nitrogens with zero attached hydrogens (tertiary/aromatic N) is 4. The summed E-state index contributed by atoms with van der Waals surface area (Å²) in [7, 11) is 0. The minimum Gasteiger partial charge on any atom is -0.227 e. The second-order valence-electron chi connectivity index (χ2n) is 4.40. The highest BCUT2D eigenvalue weighted by molar-refractivity contribution is 7.99. The third-order valence-corrected chi connectivity index (χ3v) is 4.28. The molecule has 0 bridgehead atoms. The van der Waals surface area contributed by atoms with E-state index in [-0.39, 0.29) is 0 Å². The summed E-state index contributed by atoms with van der Waals surface area (Å²) in [5, 5.41) is 1.98. The van der Waals surface area contributed by atoms with Crippen molar-refractivity contribution in [2.75, 3.05) is 0 Å². The van der Waals surface area contributed by atoms with Crippen LogP contribution in [0.3, 0.4) is 0 Å². The fourth-order valence-corrected chi connectivity index (χ4v) is 2.78. The summed E-state index contributed by atoms with van der Waals surface area (Å²) in [6.07, 6.45) is 0. The van der Waals surface area contributed by atoms with Gasteiger partial charge in [-0.2, -0.15) is 0 Å². The largest absolute Gasteiger partial charge is 0.227 e. The van der Waals surface area contributed by atoms with Crippen LogP contribution in [0.25, 0.3) is 0 Å². The van der Waals surface area contributed by atoms with Crippen molar-refractivity contribution in [1.29, 1.82) is 0 Å². The fraction of sp³-hybridized carbons (Fsp3) is 0.385. The SMILES string of the molecule is Cc1nc(Cl)c(C)c(Sc2nc(C)c(C)c(C)n2)n1. The van der Waals surface area contributed by atoms with E-state index in [1.54, 1.807) is 0 Å². The molecule has 2 aromatic rings. The first-order chi connectivity index (χ1) is 8.88. The molecule has 2 aromatic heterocycles. The summed E-state index contributed by atoms with van der Waals surface area (Å²) in [5.74, 6) is 0.652. The lowest BCUT2D eigenvalue weighted by molar-refractivity contribution is 0.871. The zero-order valence-corrected chi connectivity index (χ0v) is 13.1. The predicted octanol–water partition coefficient (Wildman–Crippen LogP) is 3.61. The number of halogens is 1. The van der Waals surface area contributed by atoms with Gasteiger partial charge in [0.05, 0.1) is 0 Å². The van der Waals surface area contributed by atoms with E-state index in [1.807, 2.05) is 34.6 Å². The van der Waals surface area contributed by atoms with Crippen molar-refractivity contribution < 1.29 is 0 Å². The molecular formula is C13H15ClN4S. The molecule has 0 fully saturated rings. The van der Waals surface area contributed by atoms with Gasteiger partial charge in [0.15, 0.2) is 5.16 Å². The predicted molar refractivity (Wildman–Crippen MR) is 76.9 cm³/mol. The number of hydrogen-bond acceptors (Lipinski definition) is 5. The van der Waals surface area contributed by atoms with Crippen LogP contribution < -0.4 is 0 Å². The van der Waals surface area contributed by atoms with Crippen molar-refractivity contribution in [2.24, 2.45) is 0 Å². The summed E-state index contributed by atoms with van der Waals surface area (Å²) in [6, 6.07) is 0. The van der Waals surface area contributed by atoms with Gasteiger partial charge in [0, 0.05) is 17.0 Å². The molecule has 0 N–H and O–H groups in total. The van der Waals surface area contributed by atoms with Crippen molar-refractivity contribution in [3.63, 3.8) is 0 Å². The Hall–Kier alpha value is -1.20. The molecule has 0 aliphatic rings. The van der Waals surface area contributed by atoms with Crippen molar-refractivity contribution in [3.8, 4) is 0 Å². The van der Waals surface area contributed by atoms with E-state index in [9.17, 15) is 0 Å². The molecule has 0 aromatic carbocycles. The van der Waals surface area contributed by atoms with Crippen molar-refractivity contribution in [1.82, 2.24) is 19.9 Å². The zero-order chi connectivity index (χ0) is 14.2. The van der Waals surface area contributed by atoms with Gasteiger partial charge in [0.2, 0.25) is 0 Å². The Bertz CT molecular complexity index is 620. The summed E-state index contributed by atoms with van der Waals surface area (Å²) in [5.41, 5.74) is 3.96. The third kappa shape index (κ3) is 3.04.